The summed E-state index contributed by atoms with van der Waals surface area (Å²) in [6, 6.07) is 2.93. The van der Waals surface area contributed by atoms with E-state index >= 15 is 0 Å². The number of carbonyl (C=O) groups excluding carboxylic acids is 1. The van der Waals surface area contributed by atoms with Crippen LogP contribution < -0.4 is 5.32 Å². The van der Waals surface area contributed by atoms with E-state index in [-0.39, 0.29) is 24.5 Å². The van der Waals surface area contributed by atoms with Crippen LogP contribution in [0.5, 0.6) is 11.5 Å². The highest BCUT2D eigenvalue weighted by molar-refractivity contribution is 5.84. The smallest absolute Gasteiger partial charge is 0.326 e. The molecule has 0 radical (unpaired) electrons. The molecule has 0 bridgehead atoms. The van der Waals surface area contributed by atoms with Crippen LogP contribution in [0.1, 0.15) is 5.56 Å². The highest BCUT2D eigenvalue weighted by Gasteiger charge is 2.21. The van der Waals surface area contributed by atoms with Crippen molar-refractivity contribution >= 4 is 11.9 Å². The summed E-state index contributed by atoms with van der Waals surface area (Å²) in [7, 11) is 3.40. The fourth-order valence-corrected chi connectivity index (χ4v) is 1.66. The van der Waals surface area contributed by atoms with Crippen molar-refractivity contribution in [2.24, 2.45) is 0 Å². The van der Waals surface area contributed by atoms with Crippen LogP contribution in [0.3, 0.4) is 0 Å². The van der Waals surface area contributed by atoms with E-state index in [1.54, 1.807) is 19.0 Å². The number of hydrogen-bond acceptors (Lipinski definition) is 5. The maximum absolute atomic E-state index is 11.6. The molecule has 0 saturated heterocycles. The van der Waals surface area contributed by atoms with Gasteiger partial charge in [-0.05, 0) is 31.8 Å². The number of carboxylic acids is 1. The lowest BCUT2D eigenvalue weighted by atomic mass is 10.1. The summed E-state index contributed by atoms with van der Waals surface area (Å²) in [5.74, 6) is -2.17. The monoisotopic (exact) mass is 282 g/mol. The summed E-state index contributed by atoms with van der Waals surface area (Å²) >= 11 is 0. The molecule has 0 aromatic heterocycles. The highest BCUT2D eigenvalue weighted by atomic mass is 16.4. The van der Waals surface area contributed by atoms with Crippen LogP contribution in [0.25, 0.3) is 0 Å². The number of benzene rings is 1. The average molecular weight is 282 g/mol. The molecule has 1 atom stereocenters. The highest BCUT2D eigenvalue weighted by Crippen LogP contribution is 2.25. The summed E-state index contributed by atoms with van der Waals surface area (Å²) in [6.45, 7) is 0.0879. The van der Waals surface area contributed by atoms with Crippen molar-refractivity contribution in [1.29, 1.82) is 0 Å². The lowest BCUT2D eigenvalue weighted by Gasteiger charge is -2.16. The largest absolute Gasteiger partial charge is 0.504 e. The summed E-state index contributed by atoms with van der Waals surface area (Å²) < 4.78 is 0. The molecule has 4 N–H and O–H groups in total. The minimum Gasteiger partial charge on any atom is -0.504 e. The fourth-order valence-electron chi connectivity index (χ4n) is 1.66. The lowest BCUT2D eigenvalue weighted by molar-refractivity contribution is -0.141. The van der Waals surface area contributed by atoms with Crippen molar-refractivity contribution < 1.29 is 24.9 Å². The number of carbonyl (C=O) groups is 2. The van der Waals surface area contributed by atoms with Crippen LogP contribution in [0, 0.1) is 0 Å². The summed E-state index contributed by atoms with van der Waals surface area (Å²) in [5.41, 5.74) is 0.498. The molecule has 7 nitrogen and oxygen atoms in total. The van der Waals surface area contributed by atoms with Gasteiger partial charge in [0.1, 0.15) is 6.04 Å². The molecule has 1 unspecified atom stereocenters. The van der Waals surface area contributed by atoms with Crippen LogP contribution >= 0.6 is 0 Å². The molecule has 1 rings (SSSR count). The van der Waals surface area contributed by atoms with Gasteiger partial charge < -0.3 is 25.5 Å². The standard InChI is InChI=1S/C13H18N2O5/c1-15(2)7-12(18)14-9(13(19)20)5-8-3-4-10(16)11(17)6-8/h3-4,6,9,16-17H,5,7H2,1-2H3,(H,14,18)(H,19,20). The number of hydrogen-bond donors (Lipinski definition) is 4. The second kappa shape index (κ2) is 6.76. The van der Waals surface area contributed by atoms with E-state index in [9.17, 15) is 19.8 Å². The van der Waals surface area contributed by atoms with Gasteiger partial charge in [-0.3, -0.25) is 4.79 Å². The molecule has 7 heteroatoms. The number of phenolic OH excluding ortho intramolecular Hbond substituents is 2. The Balaban J connectivity index is 2.74. The molecule has 0 aliphatic heterocycles. The maximum Gasteiger partial charge on any atom is 0.326 e. The molecule has 1 aromatic carbocycles. The summed E-state index contributed by atoms with van der Waals surface area (Å²) in [5, 5.41) is 30.1. The van der Waals surface area contributed by atoms with Crippen molar-refractivity contribution in [1.82, 2.24) is 10.2 Å². The van der Waals surface area contributed by atoms with E-state index in [4.69, 9.17) is 5.11 Å². The van der Waals surface area contributed by atoms with Crippen LogP contribution in [-0.4, -0.2) is 58.8 Å². The second-order valence-electron chi connectivity index (χ2n) is 4.72. The Morgan fingerprint density at radius 3 is 2.40 bits per heavy atom. The van der Waals surface area contributed by atoms with Gasteiger partial charge in [0, 0.05) is 6.42 Å². The molecule has 1 aromatic rings. The third kappa shape index (κ3) is 4.77. The molecule has 110 valence electrons. The molecular weight excluding hydrogens is 264 g/mol. The molecule has 0 saturated carbocycles. The molecule has 0 aliphatic rings. The van der Waals surface area contributed by atoms with Crippen LogP contribution in [0.15, 0.2) is 18.2 Å². The zero-order chi connectivity index (χ0) is 15.3. The second-order valence-corrected chi connectivity index (χ2v) is 4.72. The van der Waals surface area contributed by atoms with E-state index in [0.717, 1.165) is 0 Å². The number of phenols is 2. The predicted molar refractivity (Wildman–Crippen MR) is 71.6 cm³/mol. The molecule has 1 amide bonds. The van der Waals surface area contributed by atoms with Crippen molar-refractivity contribution in [2.45, 2.75) is 12.5 Å². The number of rotatable bonds is 6. The molecule has 0 aliphatic carbocycles. The normalized spacial score (nSPS) is 12.2. The number of aromatic hydroxyl groups is 2. The Kier molecular flexibility index (Phi) is 5.33. The minimum absolute atomic E-state index is 0.0162. The van der Waals surface area contributed by atoms with Gasteiger partial charge in [-0.1, -0.05) is 6.07 Å². The lowest BCUT2D eigenvalue weighted by Crippen LogP contribution is -2.45. The number of amides is 1. The number of carboxylic acid groups (broad SMARTS) is 1. The van der Waals surface area contributed by atoms with Gasteiger partial charge in [-0.25, -0.2) is 4.79 Å². The van der Waals surface area contributed by atoms with Crippen molar-refractivity contribution in [3.8, 4) is 11.5 Å². The third-order valence-electron chi connectivity index (χ3n) is 2.57. The van der Waals surface area contributed by atoms with E-state index in [1.807, 2.05) is 0 Å². The van der Waals surface area contributed by atoms with E-state index in [0.29, 0.717) is 5.56 Å². The molecular formula is C13H18N2O5. The van der Waals surface area contributed by atoms with Crippen LogP contribution in [-0.2, 0) is 16.0 Å². The first-order valence-corrected chi connectivity index (χ1v) is 5.97. The maximum atomic E-state index is 11.6. The Morgan fingerprint density at radius 2 is 1.90 bits per heavy atom. The molecule has 20 heavy (non-hydrogen) atoms. The topological polar surface area (TPSA) is 110 Å². The SMILES string of the molecule is CN(C)CC(=O)NC(Cc1ccc(O)c(O)c1)C(=O)O. The number of aliphatic carboxylic acids is 1. The first kappa shape index (κ1) is 15.8. The predicted octanol–water partition coefficient (Wildman–Crippen LogP) is -0.229. The zero-order valence-corrected chi connectivity index (χ0v) is 11.3. The molecule has 0 fully saturated rings. The first-order valence-electron chi connectivity index (χ1n) is 5.97. The minimum atomic E-state index is -1.16. The van der Waals surface area contributed by atoms with Gasteiger partial charge in [-0.15, -0.1) is 0 Å². The van der Waals surface area contributed by atoms with Gasteiger partial charge in [0.15, 0.2) is 11.5 Å². The number of likely N-dealkylation sites (N-methyl/N-ethyl adjacent to an activating group) is 1. The zero-order valence-electron chi connectivity index (χ0n) is 11.3. The number of nitrogens with zero attached hydrogens (tertiary/aromatic N) is 1. The van der Waals surface area contributed by atoms with Gasteiger partial charge >= 0.3 is 5.97 Å². The van der Waals surface area contributed by atoms with E-state index in [1.165, 1.54) is 18.2 Å². The van der Waals surface area contributed by atoms with E-state index < -0.39 is 17.9 Å². The van der Waals surface area contributed by atoms with Gasteiger partial charge in [0.2, 0.25) is 5.91 Å². The van der Waals surface area contributed by atoms with Crippen LogP contribution in [0.4, 0.5) is 0 Å². The van der Waals surface area contributed by atoms with Crippen LogP contribution in [0.2, 0.25) is 0 Å². The van der Waals surface area contributed by atoms with E-state index in [2.05, 4.69) is 5.32 Å². The third-order valence-corrected chi connectivity index (χ3v) is 2.57. The molecule has 0 heterocycles. The van der Waals surface area contributed by atoms with Gasteiger partial charge in [-0.2, -0.15) is 0 Å². The number of nitrogens with one attached hydrogen (secondary N) is 1. The first-order chi connectivity index (χ1) is 9.29. The molecule has 0 spiro atoms. The Bertz CT molecular complexity index is 502. The van der Waals surface area contributed by atoms with Crippen molar-refractivity contribution in [3.63, 3.8) is 0 Å². The summed E-state index contributed by atoms with van der Waals surface area (Å²) in [4.78, 5) is 24.3. The van der Waals surface area contributed by atoms with Crippen molar-refractivity contribution in [3.05, 3.63) is 23.8 Å². The quantitative estimate of drug-likeness (QED) is 0.537. The Morgan fingerprint density at radius 1 is 1.25 bits per heavy atom. The van der Waals surface area contributed by atoms with Gasteiger partial charge in [0.25, 0.3) is 0 Å². The Labute approximate surface area is 116 Å². The fraction of sp³-hybridized carbons (Fsp3) is 0.385. The average Bonchev–Trinajstić information content (AvgIpc) is 2.31. The summed E-state index contributed by atoms with van der Waals surface area (Å²) in [6.07, 6.45) is 0.0162. The van der Waals surface area contributed by atoms with Crippen molar-refractivity contribution in [2.75, 3.05) is 20.6 Å². The Hall–Kier alpha value is -2.28. The van der Waals surface area contributed by atoms with Gasteiger partial charge in [0.05, 0.1) is 6.54 Å².